The highest BCUT2D eigenvalue weighted by Crippen LogP contribution is 2.41. The Morgan fingerprint density at radius 3 is 2.50 bits per heavy atom. The summed E-state index contributed by atoms with van der Waals surface area (Å²) < 4.78 is 32.7. The molecule has 0 saturated carbocycles. The Bertz CT molecular complexity index is 1470. The molecule has 6 nitrogen and oxygen atoms in total. The lowest BCUT2D eigenvalue weighted by molar-refractivity contribution is 0.157. The standard InChI is InChI=1S/C27H23Cl2FN2O4/c1-3-31(4-2)27(33)36-23-8-7-22-18(26(23)16-5-6-21(30)20(29)11-16)9-10-32(22)14-17-12-24-25(13-19(17)28)35-15-34-24/h5-13H,3-4,14-15H2,1-2H3. The Morgan fingerprint density at radius 2 is 1.78 bits per heavy atom. The molecule has 9 heteroatoms. The summed E-state index contributed by atoms with van der Waals surface area (Å²) in [5.41, 5.74) is 3.02. The van der Waals surface area contributed by atoms with Crippen molar-refractivity contribution in [3.05, 3.63) is 76.2 Å². The van der Waals surface area contributed by atoms with Gasteiger partial charge in [0.2, 0.25) is 6.79 Å². The number of halogens is 3. The fourth-order valence-electron chi connectivity index (χ4n) is 4.33. The summed E-state index contributed by atoms with van der Waals surface area (Å²) in [6, 6.07) is 13.6. The van der Waals surface area contributed by atoms with Gasteiger partial charge in [-0.05, 0) is 61.4 Å². The molecular formula is C27H23Cl2FN2O4. The maximum atomic E-state index is 14.0. The van der Waals surface area contributed by atoms with Crippen LogP contribution < -0.4 is 14.2 Å². The van der Waals surface area contributed by atoms with Crippen LogP contribution in [0.2, 0.25) is 10.0 Å². The van der Waals surface area contributed by atoms with Crippen LogP contribution in [0.4, 0.5) is 9.18 Å². The van der Waals surface area contributed by atoms with Gasteiger partial charge in [-0.15, -0.1) is 0 Å². The Hall–Kier alpha value is -3.42. The second kappa shape index (κ2) is 9.91. The Morgan fingerprint density at radius 1 is 1.03 bits per heavy atom. The van der Waals surface area contributed by atoms with Crippen molar-refractivity contribution in [3.63, 3.8) is 0 Å². The molecule has 4 aromatic rings. The number of amides is 1. The minimum absolute atomic E-state index is 0.0166. The van der Waals surface area contributed by atoms with Gasteiger partial charge in [0.25, 0.3) is 0 Å². The second-order valence-electron chi connectivity index (χ2n) is 8.28. The average molecular weight is 529 g/mol. The van der Waals surface area contributed by atoms with Crippen LogP contribution in [-0.2, 0) is 6.54 Å². The number of carbonyl (C=O) groups excluding carboxylic acids is 1. The highest BCUT2D eigenvalue weighted by Gasteiger charge is 2.21. The van der Waals surface area contributed by atoms with E-state index in [4.69, 9.17) is 37.4 Å². The third-order valence-corrected chi connectivity index (χ3v) is 6.87. The number of aromatic nitrogens is 1. The average Bonchev–Trinajstić information content (AvgIpc) is 3.48. The van der Waals surface area contributed by atoms with E-state index in [0.717, 1.165) is 16.5 Å². The first-order valence-electron chi connectivity index (χ1n) is 11.5. The second-order valence-corrected chi connectivity index (χ2v) is 9.10. The molecule has 0 spiro atoms. The lowest BCUT2D eigenvalue weighted by atomic mass is 10.0. The smallest absolute Gasteiger partial charge is 0.415 e. The molecule has 0 unspecified atom stereocenters. The number of carbonyl (C=O) groups is 1. The summed E-state index contributed by atoms with van der Waals surface area (Å²) in [5, 5.41) is 1.37. The Kier molecular flexibility index (Phi) is 6.69. The molecule has 0 saturated heterocycles. The molecule has 1 aliphatic heterocycles. The number of benzene rings is 3. The zero-order valence-electron chi connectivity index (χ0n) is 19.7. The summed E-state index contributed by atoms with van der Waals surface area (Å²) in [6.07, 6.45) is 1.47. The van der Waals surface area contributed by atoms with Gasteiger partial charge in [0.15, 0.2) is 11.5 Å². The van der Waals surface area contributed by atoms with E-state index in [9.17, 15) is 9.18 Å². The maximum absolute atomic E-state index is 14.0. The zero-order valence-corrected chi connectivity index (χ0v) is 21.2. The first kappa shape index (κ1) is 24.3. The predicted octanol–water partition coefficient (Wildman–Crippen LogP) is 7.37. The summed E-state index contributed by atoms with van der Waals surface area (Å²) in [4.78, 5) is 14.3. The molecular weight excluding hydrogens is 506 g/mol. The van der Waals surface area contributed by atoms with Gasteiger partial charge in [0.1, 0.15) is 11.6 Å². The number of fused-ring (bicyclic) bond motifs is 2. The highest BCUT2D eigenvalue weighted by molar-refractivity contribution is 6.31. The Labute approximate surface area is 217 Å². The van der Waals surface area contributed by atoms with E-state index in [1.54, 1.807) is 23.1 Å². The molecule has 0 atom stereocenters. The minimum Gasteiger partial charge on any atom is -0.454 e. The molecule has 0 bridgehead atoms. The van der Waals surface area contributed by atoms with Gasteiger partial charge >= 0.3 is 6.09 Å². The predicted molar refractivity (Wildman–Crippen MR) is 138 cm³/mol. The van der Waals surface area contributed by atoms with Crippen LogP contribution in [0.15, 0.2) is 54.7 Å². The van der Waals surface area contributed by atoms with Gasteiger partial charge < -0.3 is 23.7 Å². The lowest BCUT2D eigenvalue weighted by Gasteiger charge is -2.20. The van der Waals surface area contributed by atoms with Gasteiger partial charge in [0.05, 0.1) is 5.02 Å². The van der Waals surface area contributed by atoms with Crippen LogP contribution in [-0.4, -0.2) is 35.4 Å². The molecule has 2 heterocycles. The quantitative estimate of drug-likeness (QED) is 0.262. The summed E-state index contributed by atoms with van der Waals surface area (Å²) in [6.45, 7) is 5.44. The molecule has 1 aliphatic rings. The SMILES string of the molecule is CCN(CC)C(=O)Oc1ccc2c(ccn2Cc2cc3c(cc2Cl)OCO3)c1-c1ccc(F)c(Cl)c1. The molecule has 0 N–H and O–H groups in total. The molecule has 1 aromatic heterocycles. The molecule has 3 aromatic carbocycles. The number of rotatable bonds is 6. The summed E-state index contributed by atoms with van der Waals surface area (Å²) in [7, 11) is 0. The minimum atomic E-state index is -0.524. The highest BCUT2D eigenvalue weighted by atomic mass is 35.5. The first-order chi connectivity index (χ1) is 17.4. The van der Waals surface area contributed by atoms with E-state index < -0.39 is 11.9 Å². The van der Waals surface area contributed by atoms with Crippen molar-refractivity contribution in [1.29, 1.82) is 0 Å². The van der Waals surface area contributed by atoms with Crippen molar-refractivity contribution in [2.75, 3.05) is 19.9 Å². The number of ether oxygens (including phenoxy) is 3. The third kappa shape index (κ3) is 4.45. The molecule has 0 aliphatic carbocycles. The first-order valence-corrected chi connectivity index (χ1v) is 12.3. The van der Waals surface area contributed by atoms with Gasteiger partial charge in [-0.2, -0.15) is 0 Å². The summed E-state index contributed by atoms with van der Waals surface area (Å²) >= 11 is 12.6. The van der Waals surface area contributed by atoms with Crippen LogP contribution in [0.3, 0.4) is 0 Å². The van der Waals surface area contributed by atoms with Crippen LogP contribution in [0.1, 0.15) is 19.4 Å². The van der Waals surface area contributed by atoms with E-state index in [0.29, 0.717) is 53.0 Å². The molecule has 0 fully saturated rings. The lowest BCUT2D eigenvalue weighted by Crippen LogP contribution is -2.33. The fraction of sp³-hybridized carbons (Fsp3) is 0.222. The maximum Gasteiger partial charge on any atom is 0.415 e. The van der Waals surface area contributed by atoms with E-state index in [1.807, 2.05) is 42.8 Å². The van der Waals surface area contributed by atoms with Crippen LogP contribution in [0, 0.1) is 5.82 Å². The van der Waals surface area contributed by atoms with Crippen LogP contribution in [0.25, 0.3) is 22.0 Å². The zero-order chi connectivity index (χ0) is 25.4. The van der Waals surface area contributed by atoms with Crippen molar-refractivity contribution in [2.24, 2.45) is 0 Å². The van der Waals surface area contributed by atoms with Crippen molar-refractivity contribution >= 4 is 40.2 Å². The van der Waals surface area contributed by atoms with Gasteiger partial charge in [-0.25, -0.2) is 9.18 Å². The molecule has 1 amide bonds. The van der Waals surface area contributed by atoms with E-state index in [-0.39, 0.29) is 11.8 Å². The van der Waals surface area contributed by atoms with Crippen LogP contribution in [0.5, 0.6) is 17.2 Å². The fourth-order valence-corrected chi connectivity index (χ4v) is 4.72. The molecule has 186 valence electrons. The van der Waals surface area contributed by atoms with Crippen LogP contribution >= 0.6 is 23.2 Å². The topological polar surface area (TPSA) is 52.9 Å². The van der Waals surface area contributed by atoms with Gasteiger partial charge in [0, 0.05) is 53.4 Å². The molecule has 5 rings (SSSR count). The normalized spacial score (nSPS) is 12.2. The Balaban J connectivity index is 1.60. The molecule has 36 heavy (non-hydrogen) atoms. The monoisotopic (exact) mass is 528 g/mol. The van der Waals surface area contributed by atoms with Gasteiger partial charge in [-0.3, -0.25) is 0 Å². The largest absolute Gasteiger partial charge is 0.454 e. The van der Waals surface area contributed by atoms with E-state index in [2.05, 4.69) is 0 Å². The van der Waals surface area contributed by atoms with Gasteiger partial charge in [-0.1, -0.05) is 29.3 Å². The van der Waals surface area contributed by atoms with Crippen molar-refractivity contribution in [2.45, 2.75) is 20.4 Å². The van der Waals surface area contributed by atoms with E-state index in [1.165, 1.54) is 12.1 Å². The van der Waals surface area contributed by atoms with E-state index >= 15 is 0 Å². The van der Waals surface area contributed by atoms with Crippen molar-refractivity contribution in [3.8, 4) is 28.4 Å². The third-order valence-electron chi connectivity index (χ3n) is 6.22. The summed E-state index contributed by atoms with van der Waals surface area (Å²) in [5.74, 6) is 1.11. The molecule has 0 radical (unpaired) electrons. The number of hydrogen-bond acceptors (Lipinski definition) is 4. The van der Waals surface area contributed by atoms with Crippen molar-refractivity contribution in [1.82, 2.24) is 9.47 Å². The number of nitrogens with zero attached hydrogens (tertiary/aromatic N) is 2. The van der Waals surface area contributed by atoms with Crippen molar-refractivity contribution < 1.29 is 23.4 Å². The number of hydrogen-bond donors (Lipinski definition) is 0.